The van der Waals surface area contributed by atoms with Gasteiger partial charge in [-0.1, -0.05) is 6.07 Å². The lowest BCUT2D eigenvalue weighted by molar-refractivity contribution is 0.0949. The molecule has 0 radical (unpaired) electrons. The summed E-state index contributed by atoms with van der Waals surface area (Å²) >= 11 is 0. The number of morpholine rings is 1. The third-order valence-electron chi connectivity index (χ3n) is 4.77. The van der Waals surface area contributed by atoms with Gasteiger partial charge in [0.05, 0.1) is 19.8 Å². The van der Waals surface area contributed by atoms with Gasteiger partial charge in [0.2, 0.25) is 0 Å². The van der Waals surface area contributed by atoms with Gasteiger partial charge >= 0.3 is 0 Å². The Bertz CT molecular complexity index is 1050. The van der Waals surface area contributed by atoms with Gasteiger partial charge in [-0.25, -0.2) is 14.4 Å². The Labute approximate surface area is 179 Å². The van der Waals surface area contributed by atoms with Crippen LogP contribution in [0.3, 0.4) is 0 Å². The molecular formula is C23H23FN4O3. The van der Waals surface area contributed by atoms with Crippen molar-refractivity contribution >= 4 is 11.7 Å². The van der Waals surface area contributed by atoms with Crippen molar-refractivity contribution in [3.8, 4) is 11.5 Å². The topological polar surface area (TPSA) is 76.6 Å². The van der Waals surface area contributed by atoms with Crippen LogP contribution in [0.25, 0.3) is 0 Å². The number of carbonyl (C=O) groups is 1. The number of hydrogen-bond acceptors (Lipinski definition) is 6. The molecule has 1 amide bonds. The minimum absolute atomic E-state index is 0.209. The Morgan fingerprint density at radius 3 is 2.65 bits per heavy atom. The van der Waals surface area contributed by atoms with E-state index >= 15 is 0 Å². The third kappa shape index (κ3) is 5.55. The molecule has 0 atom stereocenters. The zero-order chi connectivity index (χ0) is 21.6. The predicted molar refractivity (Wildman–Crippen MR) is 114 cm³/mol. The molecule has 0 saturated carbocycles. The number of nitrogens with zero attached hydrogens (tertiary/aromatic N) is 3. The Hall–Kier alpha value is -3.52. The highest BCUT2D eigenvalue weighted by Gasteiger charge is 2.15. The lowest BCUT2D eigenvalue weighted by atomic mass is 10.2. The van der Waals surface area contributed by atoms with Crippen molar-refractivity contribution in [1.82, 2.24) is 15.3 Å². The van der Waals surface area contributed by atoms with Crippen LogP contribution in [-0.2, 0) is 11.3 Å². The number of halogens is 1. The molecule has 0 unspecified atom stereocenters. The highest BCUT2D eigenvalue weighted by Crippen LogP contribution is 2.22. The van der Waals surface area contributed by atoms with Gasteiger partial charge in [-0.2, -0.15) is 0 Å². The van der Waals surface area contributed by atoms with E-state index in [1.54, 1.807) is 24.3 Å². The van der Waals surface area contributed by atoms with E-state index in [9.17, 15) is 9.18 Å². The fourth-order valence-corrected chi connectivity index (χ4v) is 3.25. The number of rotatable bonds is 6. The largest absolute Gasteiger partial charge is 0.457 e. The molecule has 0 bridgehead atoms. The molecule has 160 valence electrons. The van der Waals surface area contributed by atoms with E-state index in [1.165, 1.54) is 24.3 Å². The van der Waals surface area contributed by atoms with Crippen molar-refractivity contribution < 1.29 is 18.7 Å². The first-order valence-corrected chi connectivity index (χ1v) is 10.1. The summed E-state index contributed by atoms with van der Waals surface area (Å²) in [7, 11) is 0. The first-order chi connectivity index (χ1) is 15.1. The smallest absolute Gasteiger partial charge is 0.251 e. The van der Waals surface area contributed by atoms with Crippen molar-refractivity contribution in [3.63, 3.8) is 0 Å². The summed E-state index contributed by atoms with van der Waals surface area (Å²) in [5.41, 5.74) is 1.29. The van der Waals surface area contributed by atoms with E-state index in [2.05, 4.69) is 20.2 Å². The van der Waals surface area contributed by atoms with E-state index in [0.29, 0.717) is 36.1 Å². The summed E-state index contributed by atoms with van der Waals surface area (Å²) in [6.45, 7) is 5.03. The number of aryl methyl sites for hydroxylation is 1. The molecule has 2 aromatic carbocycles. The molecule has 1 saturated heterocycles. The molecule has 1 fully saturated rings. The van der Waals surface area contributed by atoms with Gasteiger partial charge in [-0.3, -0.25) is 4.79 Å². The van der Waals surface area contributed by atoms with Crippen LogP contribution in [0.1, 0.15) is 21.9 Å². The van der Waals surface area contributed by atoms with Gasteiger partial charge in [0, 0.05) is 30.4 Å². The molecular weight excluding hydrogens is 399 g/mol. The summed E-state index contributed by atoms with van der Waals surface area (Å²) in [4.78, 5) is 23.8. The summed E-state index contributed by atoms with van der Waals surface area (Å²) in [5, 5.41) is 2.86. The normalized spacial score (nSPS) is 13.7. The van der Waals surface area contributed by atoms with E-state index in [0.717, 1.165) is 24.6 Å². The molecule has 2 heterocycles. The van der Waals surface area contributed by atoms with Crippen LogP contribution < -0.4 is 15.0 Å². The van der Waals surface area contributed by atoms with Crippen LogP contribution in [0.5, 0.6) is 11.5 Å². The minimum atomic E-state index is -0.337. The molecule has 4 rings (SSSR count). The molecule has 0 aliphatic carbocycles. The van der Waals surface area contributed by atoms with Crippen LogP contribution in [-0.4, -0.2) is 42.2 Å². The Balaban J connectivity index is 1.40. The maximum atomic E-state index is 13.0. The quantitative estimate of drug-likeness (QED) is 0.656. The van der Waals surface area contributed by atoms with E-state index in [-0.39, 0.29) is 18.3 Å². The molecule has 8 heteroatoms. The number of anilines is 1. The molecule has 1 aromatic heterocycles. The molecule has 1 N–H and O–H groups in total. The van der Waals surface area contributed by atoms with Crippen molar-refractivity contribution in [3.05, 3.63) is 77.5 Å². The van der Waals surface area contributed by atoms with Gasteiger partial charge in [-0.15, -0.1) is 0 Å². The van der Waals surface area contributed by atoms with E-state index in [1.807, 2.05) is 13.0 Å². The number of ether oxygens (including phenoxy) is 2. The number of benzene rings is 2. The Morgan fingerprint density at radius 1 is 1.10 bits per heavy atom. The summed E-state index contributed by atoms with van der Waals surface area (Å²) in [6, 6.07) is 14.4. The summed E-state index contributed by atoms with van der Waals surface area (Å²) in [6.07, 6.45) is 0. The van der Waals surface area contributed by atoms with Gasteiger partial charge in [0.1, 0.15) is 29.0 Å². The Kier molecular flexibility index (Phi) is 6.37. The van der Waals surface area contributed by atoms with Gasteiger partial charge in [0.25, 0.3) is 5.91 Å². The first kappa shape index (κ1) is 20.7. The Morgan fingerprint density at radius 2 is 1.87 bits per heavy atom. The third-order valence-corrected chi connectivity index (χ3v) is 4.77. The van der Waals surface area contributed by atoms with Crippen molar-refractivity contribution in [2.75, 3.05) is 31.2 Å². The number of aromatic nitrogens is 2. The second-order valence-electron chi connectivity index (χ2n) is 7.15. The zero-order valence-corrected chi connectivity index (χ0v) is 17.2. The molecule has 3 aromatic rings. The second-order valence-corrected chi connectivity index (χ2v) is 7.15. The van der Waals surface area contributed by atoms with Crippen LogP contribution in [0.2, 0.25) is 0 Å². The van der Waals surface area contributed by atoms with E-state index < -0.39 is 0 Å². The number of hydrogen-bond donors (Lipinski definition) is 1. The second kappa shape index (κ2) is 9.53. The lowest BCUT2D eigenvalue weighted by Gasteiger charge is -2.28. The maximum Gasteiger partial charge on any atom is 0.251 e. The molecule has 31 heavy (non-hydrogen) atoms. The monoisotopic (exact) mass is 422 g/mol. The van der Waals surface area contributed by atoms with Gasteiger partial charge in [0.15, 0.2) is 0 Å². The SMILES string of the molecule is Cc1cc(N2CCOCC2)nc(CNC(=O)c2cccc(Oc3ccc(F)cc3)c2)n1. The average Bonchev–Trinajstić information content (AvgIpc) is 2.79. The van der Waals surface area contributed by atoms with Crippen molar-refractivity contribution in [2.24, 2.45) is 0 Å². The number of nitrogens with one attached hydrogen (secondary N) is 1. The van der Waals surface area contributed by atoms with E-state index in [4.69, 9.17) is 9.47 Å². The fraction of sp³-hybridized carbons (Fsp3) is 0.261. The number of carbonyl (C=O) groups excluding carboxylic acids is 1. The zero-order valence-electron chi connectivity index (χ0n) is 17.2. The van der Waals surface area contributed by atoms with Crippen LogP contribution in [0, 0.1) is 12.7 Å². The first-order valence-electron chi connectivity index (χ1n) is 10.1. The van der Waals surface area contributed by atoms with Gasteiger partial charge in [-0.05, 0) is 49.4 Å². The fourth-order valence-electron chi connectivity index (χ4n) is 3.25. The standard InChI is InChI=1S/C23H23FN4O3/c1-16-13-22(28-9-11-30-12-10-28)27-21(26-16)15-25-23(29)17-3-2-4-20(14-17)31-19-7-5-18(24)6-8-19/h2-8,13-14H,9-12,15H2,1H3,(H,25,29). The predicted octanol–water partition coefficient (Wildman–Crippen LogP) is 3.48. The highest BCUT2D eigenvalue weighted by atomic mass is 19.1. The molecule has 7 nitrogen and oxygen atoms in total. The summed E-state index contributed by atoms with van der Waals surface area (Å²) < 4.78 is 24.1. The number of amides is 1. The van der Waals surface area contributed by atoms with Crippen molar-refractivity contribution in [2.45, 2.75) is 13.5 Å². The van der Waals surface area contributed by atoms with Crippen LogP contribution in [0.4, 0.5) is 10.2 Å². The molecule has 1 aliphatic rings. The molecule has 1 aliphatic heterocycles. The van der Waals surface area contributed by atoms with Crippen molar-refractivity contribution in [1.29, 1.82) is 0 Å². The highest BCUT2D eigenvalue weighted by molar-refractivity contribution is 5.94. The minimum Gasteiger partial charge on any atom is -0.457 e. The summed E-state index contributed by atoms with van der Waals surface area (Å²) in [5.74, 6) is 1.77. The lowest BCUT2D eigenvalue weighted by Crippen LogP contribution is -2.37. The average molecular weight is 422 g/mol. The van der Waals surface area contributed by atoms with Crippen LogP contribution >= 0.6 is 0 Å². The molecule has 0 spiro atoms. The van der Waals surface area contributed by atoms with Crippen LogP contribution in [0.15, 0.2) is 54.6 Å². The van der Waals surface area contributed by atoms with Gasteiger partial charge < -0.3 is 19.7 Å². The maximum absolute atomic E-state index is 13.0.